The molecule has 86 valence electrons. The van der Waals surface area contributed by atoms with Gasteiger partial charge in [0.1, 0.15) is 0 Å². The van der Waals surface area contributed by atoms with Crippen LogP contribution in [0.5, 0.6) is 0 Å². The summed E-state index contributed by atoms with van der Waals surface area (Å²) in [6.45, 7) is 6.59. The van der Waals surface area contributed by atoms with E-state index in [-0.39, 0.29) is 0 Å². The standard InChI is InChI=1S/C14H14N2O/c1-3-11-9-12(5-6-13(11)10-17)14-7-8-15-16(14)4-2/h3,5-10H,1,4H2,2H3. The Morgan fingerprint density at radius 1 is 1.35 bits per heavy atom. The zero-order valence-electron chi connectivity index (χ0n) is 9.76. The number of aromatic nitrogens is 2. The van der Waals surface area contributed by atoms with Gasteiger partial charge in [-0.15, -0.1) is 0 Å². The Morgan fingerprint density at radius 2 is 2.18 bits per heavy atom. The highest BCUT2D eigenvalue weighted by molar-refractivity contribution is 5.83. The van der Waals surface area contributed by atoms with Gasteiger partial charge in [0, 0.05) is 23.9 Å². The third kappa shape index (κ3) is 2.04. The Balaban J connectivity index is 2.53. The molecule has 0 spiro atoms. The highest BCUT2D eigenvalue weighted by Gasteiger charge is 2.06. The number of hydrogen-bond acceptors (Lipinski definition) is 2. The first kappa shape index (κ1) is 11.3. The molecular weight excluding hydrogens is 212 g/mol. The van der Waals surface area contributed by atoms with Crippen LogP contribution in [0.3, 0.4) is 0 Å². The summed E-state index contributed by atoms with van der Waals surface area (Å²) < 4.78 is 1.92. The van der Waals surface area contributed by atoms with Gasteiger partial charge in [0.05, 0.1) is 5.69 Å². The van der Waals surface area contributed by atoms with Crippen molar-refractivity contribution in [2.24, 2.45) is 0 Å². The van der Waals surface area contributed by atoms with Gasteiger partial charge in [0.15, 0.2) is 6.29 Å². The SMILES string of the molecule is C=Cc1cc(-c2ccnn2CC)ccc1C=O. The molecule has 0 bridgehead atoms. The lowest BCUT2D eigenvalue weighted by Crippen LogP contribution is -1.99. The highest BCUT2D eigenvalue weighted by atomic mass is 16.1. The van der Waals surface area contributed by atoms with Gasteiger partial charge >= 0.3 is 0 Å². The Morgan fingerprint density at radius 3 is 2.82 bits per heavy atom. The molecule has 0 fully saturated rings. The number of nitrogens with zero attached hydrogens (tertiary/aromatic N) is 2. The molecule has 1 aromatic heterocycles. The van der Waals surface area contributed by atoms with Crippen LogP contribution in [0.4, 0.5) is 0 Å². The van der Waals surface area contributed by atoms with E-state index in [4.69, 9.17) is 0 Å². The number of hydrogen-bond donors (Lipinski definition) is 0. The van der Waals surface area contributed by atoms with Crippen LogP contribution >= 0.6 is 0 Å². The number of benzene rings is 1. The second kappa shape index (κ2) is 4.78. The van der Waals surface area contributed by atoms with Crippen molar-refractivity contribution in [2.45, 2.75) is 13.5 Å². The number of carbonyl (C=O) groups is 1. The van der Waals surface area contributed by atoms with Crippen LogP contribution in [0.25, 0.3) is 17.3 Å². The van der Waals surface area contributed by atoms with Gasteiger partial charge < -0.3 is 0 Å². The van der Waals surface area contributed by atoms with Gasteiger partial charge in [-0.25, -0.2) is 0 Å². The summed E-state index contributed by atoms with van der Waals surface area (Å²) in [5, 5.41) is 4.23. The van der Waals surface area contributed by atoms with Crippen molar-refractivity contribution in [3.8, 4) is 11.3 Å². The molecule has 0 aliphatic rings. The molecule has 1 heterocycles. The molecule has 0 unspecified atom stereocenters. The number of rotatable bonds is 4. The van der Waals surface area contributed by atoms with Crippen LogP contribution < -0.4 is 0 Å². The minimum absolute atomic E-state index is 0.659. The van der Waals surface area contributed by atoms with Crippen LogP contribution in [0.15, 0.2) is 37.0 Å². The summed E-state index contributed by atoms with van der Waals surface area (Å²) >= 11 is 0. The molecular formula is C14H14N2O. The van der Waals surface area contributed by atoms with Crippen LogP contribution in [0.1, 0.15) is 22.8 Å². The zero-order chi connectivity index (χ0) is 12.3. The summed E-state index contributed by atoms with van der Waals surface area (Å²) in [5.74, 6) is 0. The van der Waals surface area contributed by atoms with Gasteiger partial charge in [-0.1, -0.05) is 24.8 Å². The molecule has 0 amide bonds. The Labute approximate surface area is 100 Å². The van der Waals surface area contributed by atoms with Crippen molar-refractivity contribution in [3.63, 3.8) is 0 Å². The molecule has 0 saturated heterocycles. The Hall–Kier alpha value is -2.16. The fourth-order valence-corrected chi connectivity index (χ4v) is 1.85. The fourth-order valence-electron chi connectivity index (χ4n) is 1.85. The molecule has 0 atom stereocenters. The van der Waals surface area contributed by atoms with Crippen molar-refractivity contribution in [2.75, 3.05) is 0 Å². The molecule has 3 heteroatoms. The maximum atomic E-state index is 10.8. The van der Waals surface area contributed by atoms with Gasteiger partial charge in [0.25, 0.3) is 0 Å². The fraction of sp³-hybridized carbons (Fsp3) is 0.143. The van der Waals surface area contributed by atoms with Crippen LogP contribution in [0.2, 0.25) is 0 Å². The van der Waals surface area contributed by atoms with E-state index < -0.39 is 0 Å². The number of carbonyl (C=O) groups excluding carboxylic acids is 1. The van der Waals surface area contributed by atoms with E-state index in [2.05, 4.69) is 11.7 Å². The third-order valence-corrected chi connectivity index (χ3v) is 2.75. The molecule has 0 radical (unpaired) electrons. The maximum Gasteiger partial charge on any atom is 0.150 e. The van der Waals surface area contributed by atoms with Crippen molar-refractivity contribution in [3.05, 3.63) is 48.2 Å². The lowest BCUT2D eigenvalue weighted by Gasteiger charge is -2.07. The monoisotopic (exact) mass is 226 g/mol. The van der Waals surface area contributed by atoms with Gasteiger partial charge in [-0.3, -0.25) is 9.48 Å². The van der Waals surface area contributed by atoms with Gasteiger partial charge in [-0.2, -0.15) is 5.10 Å². The van der Waals surface area contributed by atoms with E-state index in [1.165, 1.54) is 0 Å². The van der Waals surface area contributed by atoms with E-state index in [0.29, 0.717) is 5.56 Å². The van der Waals surface area contributed by atoms with E-state index in [1.54, 1.807) is 12.3 Å². The van der Waals surface area contributed by atoms with Crippen LogP contribution in [-0.4, -0.2) is 16.1 Å². The third-order valence-electron chi connectivity index (χ3n) is 2.75. The molecule has 1 aromatic carbocycles. The van der Waals surface area contributed by atoms with E-state index >= 15 is 0 Å². The lowest BCUT2D eigenvalue weighted by atomic mass is 10.0. The average molecular weight is 226 g/mol. The molecule has 0 aliphatic carbocycles. The molecule has 0 N–H and O–H groups in total. The minimum Gasteiger partial charge on any atom is -0.298 e. The lowest BCUT2D eigenvalue weighted by molar-refractivity contribution is 0.112. The topological polar surface area (TPSA) is 34.9 Å². The molecule has 0 aliphatic heterocycles. The van der Waals surface area contributed by atoms with Gasteiger partial charge in [0.2, 0.25) is 0 Å². The zero-order valence-corrected chi connectivity index (χ0v) is 9.76. The average Bonchev–Trinajstić information content (AvgIpc) is 2.86. The molecule has 2 rings (SSSR count). The molecule has 17 heavy (non-hydrogen) atoms. The summed E-state index contributed by atoms with van der Waals surface area (Å²) in [6.07, 6.45) is 4.32. The normalized spacial score (nSPS) is 10.2. The van der Waals surface area contributed by atoms with Crippen LogP contribution in [0, 0.1) is 0 Å². The predicted molar refractivity (Wildman–Crippen MR) is 68.8 cm³/mol. The smallest absolute Gasteiger partial charge is 0.150 e. The van der Waals surface area contributed by atoms with Crippen LogP contribution in [-0.2, 0) is 6.54 Å². The Kier molecular flexibility index (Phi) is 3.19. The predicted octanol–water partition coefficient (Wildman–Crippen LogP) is 3.03. The first-order valence-electron chi connectivity index (χ1n) is 5.54. The largest absolute Gasteiger partial charge is 0.298 e. The first-order valence-corrected chi connectivity index (χ1v) is 5.54. The maximum absolute atomic E-state index is 10.8. The minimum atomic E-state index is 0.659. The van der Waals surface area contributed by atoms with Crippen molar-refractivity contribution >= 4 is 12.4 Å². The number of aryl methyl sites for hydroxylation is 1. The quantitative estimate of drug-likeness (QED) is 0.751. The molecule has 2 aromatic rings. The van der Waals surface area contributed by atoms with Crippen molar-refractivity contribution in [1.29, 1.82) is 0 Å². The number of aldehydes is 1. The van der Waals surface area contributed by atoms with E-state index in [0.717, 1.165) is 29.7 Å². The summed E-state index contributed by atoms with van der Waals surface area (Å²) in [6, 6.07) is 7.67. The van der Waals surface area contributed by atoms with E-state index in [1.807, 2.05) is 35.9 Å². The van der Waals surface area contributed by atoms with Crippen molar-refractivity contribution < 1.29 is 4.79 Å². The second-order valence-electron chi connectivity index (χ2n) is 3.70. The van der Waals surface area contributed by atoms with Gasteiger partial charge in [-0.05, 0) is 24.6 Å². The summed E-state index contributed by atoms with van der Waals surface area (Å²) in [5.41, 5.74) is 3.60. The Bertz CT molecular complexity index is 555. The first-order chi connectivity index (χ1) is 8.30. The van der Waals surface area contributed by atoms with Crippen molar-refractivity contribution in [1.82, 2.24) is 9.78 Å². The molecule has 3 nitrogen and oxygen atoms in total. The second-order valence-corrected chi connectivity index (χ2v) is 3.70. The summed E-state index contributed by atoms with van der Waals surface area (Å²) in [4.78, 5) is 10.8. The highest BCUT2D eigenvalue weighted by Crippen LogP contribution is 2.22. The van der Waals surface area contributed by atoms with E-state index in [9.17, 15) is 4.79 Å². The molecule has 0 saturated carbocycles. The summed E-state index contributed by atoms with van der Waals surface area (Å²) in [7, 11) is 0.